The molecule has 6 heteroatoms. The SMILES string of the molecule is Cc1ccc(CNc2ccc(C(=O)NCc3ccccc3F)nn2)cc1. The Balaban J connectivity index is 1.54. The Morgan fingerprint density at radius 2 is 1.73 bits per heavy atom. The fourth-order valence-corrected chi connectivity index (χ4v) is 2.35. The summed E-state index contributed by atoms with van der Waals surface area (Å²) in [4.78, 5) is 12.1. The molecule has 3 aromatic rings. The molecule has 1 aromatic heterocycles. The average molecular weight is 350 g/mol. The second-order valence-corrected chi connectivity index (χ2v) is 5.92. The maximum Gasteiger partial charge on any atom is 0.272 e. The maximum atomic E-state index is 13.6. The number of aromatic nitrogens is 2. The number of carbonyl (C=O) groups excluding carboxylic acids is 1. The van der Waals surface area contributed by atoms with Crippen LogP contribution in [0.4, 0.5) is 10.2 Å². The number of rotatable bonds is 6. The summed E-state index contributed by atoms with van der Waals surface area (Å²) in [6.45, 7) is 2.76. The molecule has 0 radical (unpaired) electrons. The van der Waals surface area contributed by atoms with Gasteiger partial charge in [-0.05, 0) is 30.7 Å². The van der Waals surface area contributed by atoms with Crippen molar-refractivity contribution in [3.05, 3.63) is 88.9 Å². The second kappa shape index (κ2) is 8.20. The van der Waals surface area contributed by atoms with Crippen LogP contribution in [0.3, 0.4) is 0 Å². The molecule has 2 aromatic carbocycles. The quantitative estimate of drug-likeness (QED) is 0.714. The van der Waals surface area contributed by atoms with Crippen molar-refractivity contribution in [2.45, 2.75) is 20.0 Å². The lowest BCUT2D eigenvalue weighted by atomic mass is 10.1. The predicted molar refractivity (Wildman–Crippen MR) is 98.1 cm³/mol. The van der Waals surface area contributed by atoms with Gasteiger partial charge in [0.1, 0.15) is 11.6 Å². The Kier molecular flexibility index (Phi) is 5.53. The van der Waals surface area contributed by atoms with E-state index in [1.807, 2.05) is 31.2 Å². The zero-order valence-corrected chi connectivity index (χ0v) is 14.4. The first-order valence-electron chi connectivity index (χ1n) is 8.26. The van der Waals surface area contributed by atoms with Crippen molar-refractivity contribution >= 4 is 11.7 Å². The zero-order chi connectivity index (χ0) is 18.4. The van der Waals surface area contributed by atoms with E-state index in [0.717, 1.165) is 5.56 Å². The highest BCUT2D eigenvalue weighted by molar-refractivity contribution is 5.92. The number of carbonyl (C=O) groups is 1. The van der Waals surface area contributed by atoms with Crippen LogP contribution in [0.2, 0.25) is 0 Å². The molecule has 0 aliphatic heterocycles. The van der Waals surface area contributed by atoms with Gasteiger partial charge >= 0.3 is 0 Å². The molecule has 2 N–H and O–H groups in total. The van der Waals surface area contributed by atoms with Crippen molar-refractivity contribution in [1.82, 2.24) is 15.5 Å². The van der Waals surface area contributed by atoms with Gasteiger partial charge in [-0.25, -0.2) is 4.39 Å². The standard InChI is InChI=1S/C20H19FN4O/c1-14-6-8-15(9-7-14)12-22-19-11-10-18(24-25-19)20(26)23-13-16-4-2-3-5-17(16)21/h2-11H,12-13H2,1H3,(H,22,25)(H,23,26). The van der Waals surface area contributed by atoms with E-state index in [-0.39, 0.29) is 18.1 Å². The zero-order valence-electron chi connectivity index (χ0n) is 14.4. The molecule has 0 aliphatic carbocycles. The summed E-state index contributed by atoms with van der Waals surface area (Å²) in [5.74, 6) is -0.170. The first kappa shape index (κ1) is 17.5. The summed E-state index contributed by atoms with van der Waals surface area (Å²) >= 11 is 0. The lowest BCUT2D eigenvalue weighted by Crippen LogP contribution is -2.24. The highest BCUT2D eigenvalue weighted by Gasteiger charge is 2.09. The molecule has 26 heavy (non-hydrogen) atoms. The van der Waals surface area contributed by atoms with Gasteiger partial charge in [-0.3, -0.25) is 4.79 Å². The lowest BCUT2D eigenvalue weighted by Gasteiger charge is -2.07. The maximum absolute atomic E-state index is 13.6. The molecule has 0 saturated carbocycles. The molecule has 0 saturated heterocycles. The number of hydrogen-bond acceptors (Lipinski definition) is 4. The third-order valence-electron chi connectivity index (χ3n) is 3.89. The van der Waals surface area contributed by atoms with Crippen LogP contribution < -0.4 is 10.6 Å². The van der Waals surface area contributed by atoms with Crippen molar-refractivity contribution in [3.63, 3.8) is 0 Å². The van der Waals surface area contributed by atoms with Crippen LogP contribution >= 0.6 is 0 Å². The highest BCUT2D eigenvalue weighted by atomic mass is 19.1. The predicted octanol–water partition coefficient (Wildman–Crippen LogP) is 3.47. The van der Waals surface area contributed by atoms with Crippen LogP contribution in [0.25, 0.3) is 0 Å². The highest BCUT2D eigenvalue weighted by Crippen LogP contribution is 2.09. The molecule has 3 rings (SSSR count). The van der Waals surface area contributed by atoms with E-state index in [2.05, 4.69) is 20.8 Å². The molecule has 0 fully saturated rings. The second-order valence-electron chi connectivity index (χ2n) is 5.92. The van der Waals surface area contributed by atoms with Gasteiger partial charge in [0.15, 0.2) is 5.69 Å². The number of amides is 1. The van der Waals surface area contributed by atoms with Crippen LogP contribution in [0.1, 0.15) is 27.2 Å². The summed E-state index contributed by atoms with van der Waals surface area (Å²) in [7, 11) is 0. The van der Waals surface area contributed by atoms with Crippen LogP contribution in [-0.4, -0.2) is 16.1 Å². The van der Waals surface area contributed by atoms with E-state index in [1.54, 1.807) is 30.3 Å². The third kappa shape index (κ3) is 4.63. The van der Waals surface area contributed by atoms with Gasteiger partial charge < -0.3 is 10.6 Å². The van der Waals surface area contributed by atoms with Crippen LogP contribution in [0.15, 0.2) is 60.7 Å². The number of aryl methyl sites for hydroxylation is 1. The van der Waals surface area contributed by atoms with Crippen LogP contribution in [-0.2, 0) is 13.1 Å². The first-order valence-corrected chi connectivity index (χ1v) is 8.26. The van der Waals surface area contributed by atoms with Crippen molar-refractivity contribution in [3.8, 4) is 0 Å². The molecule has 0 bridgehead atoms. The Hall–Kier alpha value is -3.28. The van der Waals surface area contributed by atoms with E-state index in [9.17, 15) is 9.18 Å². The van der Waals surface area contributed by atoms with E-state index in [4.69, 9.17) is 0 Å². The van der Waals surface area contributed by atoms with Crippen molar-refractivity contribution in [1.29, 1.82) is 0 Å². The van der Waals surface area contributed by atoms with Gasteiger partial charge in [0.2, 0.25) is 0 Å². The Bertz CT molecular complexity index is 879. The Morgan fingerprint density at radius 3 is 2.42 bits per heavy atom. The van der Waals surface area contributed by atoms with Crippen molar-refractivity contribution < 1.29 is 9.18 Å². The number of hydrogen-bond donors (Lipinski definition) is 2. The number of benzene rings is 2. The molecule has 0 atom stereocenters. The monoisotopic (exact) mass is 350 g/mol. The van der Waals surface area contributed by atoms with Gasteiger partial charge in [-0.1, -0.05) is 48.0 Å². The van der Waals surface area contributed by atoms with E-state index in [0.29, 0.717) is 17.9 Å². The fourth-order valence-electron chi connectivity index (χ4n) is 2.35. The lowest BCUT2D eigenvalue weighted by molar-refractivity contribution is 0.0944. The molecule has 1 heterocycles. The molecule has 5 nitrogen and oxygen atoms in total. The minimum atomic E-state index is -0.397. The molecule has 1 amide bonds. The average Bonchev–Trinajstić information content (AvgIpc) is 2.67. The van der Waals surface area contributed by atoms with Gasteiger partial charge in [-0.2, -0.15) is 0 Å². The first-order chi connectivity index (χ1) is 12.6. The van der Waals surface area contributed by atoms with Gasteiger partial charge in [0.05, 0.1) is 0 Å². The molecular formula is C20H19FN4O. The molecule has 132 valence electrons. The smallest absolute Gasteiger partial charge is 0.272 e. The molecule has 0 unspecified atom stereocenters. The Morgan fingerprint density at radius 1 is 0.962 bits per heavy atom. The fraction of sp³-hybridized carbons (Fsp3) is 0.150. The Labute approximate surface area is 151 Å². The summed E-state index contributed by atoms with van der Waals surface area (Å²) in [5.41, 5.74) is 2.94. The molecule has 0 spiro atoms. The van der Waals surface area contributed by atoms with Crippen molar-refractivity contribution in [2.75, 3.05) is 5.32 Å². The number of nitrogens with zero attached hydrogens (tertiary/aromatic N) is 2. The van der Waals surface area contributed by atoms with E-state index >= 15 is 0 Å². The summed E-state index contributed by atoms with van der Waals surface area (Å²) in [6, 6.07) is 17.8. The molecule has 0 aliphatic rings. The minimum absolute atomic E-state index is 0.0978. The minimum Gasteiger partial charge on any atom is -0.365 e. The van der Waals surface area contributed by atoms with Crippen LogP contribution in [0.5, 0.6) is 0 Å². The van der Waals surface area contributed by atoms with Gasteiger partial charge in [0.25, 0.3) is 5.91 Å². The van der Waals surface area contributed by atoms with Crippen LogP contribution in [0, 0.1) is 12.7 Å². The van der Waals surface area contributed by atoms with Gasteiger partial charge in [-0.15, -0.1) is 10.2 Å². The number of nitrogens with one attached hydrogen (secondary N) is 2. The van der Waals surface area contributed by atoms with E-state index in [1.165, 1.54) is 11.6 Å². The molecular weight excluding hydrogens is 331 g/mol. The topological polar surface area (TPSA) is 66.9 Å². The summed E-state index contributed by atoms with van der Waals surface area (Å²) < 4.78 is 13.6. The normalized spacial score (nSPS) is 10.4. The third-order valence-corrected chi connectivity index (χ3v) is 3.89. The summed E-state index contributed by atoms with van der Waals surface area (Å²) in [6.07, 6.45) is 0. The van der Waals surface area contributed by atoms with Gasteiger partial charge in [0, 0.05) is 18.7 Å². The van der Waals surface area contributed by atoms with E-state index < -0.39 is 5.91 Å². The number of anilines is 1. The van der Waals surface area contributed by atoms with Crippen molar-refractivity contribution in [2.24, 2.45) is 0 Å². The summed E-state index contributed by atoms with van der Waals surface area (Å²) in [5, 5.41) is 13.7. The number of halogens is 1. The largest absolute Gasteiger partial charge is 0.365 e.